The van der Waals surface area contributed by atoms with Crippen LogP contribution in [0.4, 0.5) is 5.69 Å². The molecule has 0 fully saturated rings. The van der Waals surface area contributed by atoms with Crippen molar-refractivity contribution < 1.29 is 9.53 Å². The highest BCUT2D eigenvalue weighted by atomic mass is 16.5. The second-order valence-electron chi connectivity index (χ2n) is 4.39. The Morgan fingerprint density at radius 1 is 1.60 bits per heavy atom. The Balaban J connectivity index is 2.54. The normalized spacial score (nSPS) is 10.7. The molecular weight excluding hydrogens is 256 g/mol. The maximum atomic E-state index is 11.9. The zero-order valence-electron chi connectivity index (χ0n) is 11.7. The first kappa shape index (κ1) is 14.0. The van der Waals surface area contributed by atoms with Gasteiger partial charge in [-0.1, -0.05) is 6.08 Å². The summed E-state index contributed by atoms with van der Waals surface area (Å²) in [5, 5.41) is 4.92. The molecule has 0 aliphatic carbocycles. The molecule has 0 bridgehead atoms. The second kappa shape index (κ2) is 5.73. The van der Waals surface area contributed by atoms with Crippen LogP contribution in [0.2, 0.25) is 0 Å². The molecule has 0 amide bonds. The lowest BCUT2D eigenvalue weighted by Crippen LogP contribution is -2.12. The molecule has 0 atom stereocenters. The van der Waals surface area contributed by atoms with E-state index in [4.69, 9.17) is 10.5 Å². The molecule has 2 N–H and O–H groups in total. The zero-order chi connectivity index (χ0) is 14.7. The van der Waals surface area contributed by atoms with Gasteiger partial charge in [-0.05, 0) is 20.3 Å². The Morgan fingerprint density at radius 3 is 3.00 bits per heavy atom. The Morgan fingerprint density at radius 2 is 2.35 bits per heavy atom. The van der Waals surface area contributed by atoms with Crippen molar-refractivity contribution in [3.63, 3.8) is 0 Å². The number of fused-ring (bicyclic) bond motifs is 1. The molecule has 106 valence electrons. The van der Waals surface area contributed by atoms with Gasteiger partial charge in [0, 0.05) is 6.54 Å². The summed E-state index contributed by atoms with van der Waals surface area (Å²) in [5.74, 6) is -0.448. The number of esters is 1. The first-order valence-corrected chi connectivity index (χ1v) is 6.49. The highest BCUT2D eigenvalue weighted by Gasteiger charge is 2.20. The number of carbonyl (C=O) groups is 1. The lowest BCUT2D eigenvalue weighted by atomic mass is 10.1. The zero-order valence-corrected chi connectivity index (χ0v) is 11.7. The van der Waals surface area contributed by atoms with Crippen molar-refractivity contribution in [2.45, 2.75) is 26.8 Å². The fourth-order valence-electron chi connectivity index (χ4n) is 2.07. The summed E-state index contributed by atoms with van der Waals surface area (Å²) in [6.07, 6.45) is 4.23. The minimum absolute atomic E-state index is 0.300. The van der Waals surface area contributed by atoms with E-state index in [1.807, 2.05) is 6.08 Å². The molecule has 2 aromatic heterocycles. The van der Waals surface area contributed by atoms with E-state index in [1.165, 1.54) is 0 Å². The van der Waals surface area contributed by atoms with E-state index >= 15 is 0 Å². The van der Waals surface area contributed by atoms with Crippen molar-refractivity contribution in [1.29, 1.82) is 0 Å². The SMILES string of the molecule is C=CCCn1ncc2c(N)c(C(=O)OCC)c(C)nc21. The first-order valence-electron chi connectivity index (χ1n) is 6.49. The molecule has 2 aromatic rings. The second-order valence-corrected chi connectivity index (χ2v) is 4.39. The molecule has 2 rings (SSSR count). The molecule has 6 nitrogen and oxygen atoms in total. The van der Waals surface area contributed by atoms with E-state index in [9.17, 15) is 4.79 Å². The van der Waals surface area contributed by atoms with Crippen LogP contribution in [0.25, 0.3) is 11.0 Å². The van der Waals surface area contributed by atoms with E-state index < -0.39 is 5.97 Å². The minimum atomic E-state index is -0.448. The molecule has 0 saturated carbocycles. The Hall–Kier alpha value is -2.37. The maximum Gasteiger partial charge on any atom is 0.342 e. The van der Waals surface area contributed by atoms with Crippen LogP contribution in [-0.2, 0) is 11.3 Å². The number of nitrogens with zero attached hydrogens (tertiary/aromatic N) is 3. The lowest BCUT2D eigenvalue weighted by Gasteiger charge is -2.09. The van der Waals surface area contributed by atoms with Crippen LogP contribution in [-0.4, -0.2) is 27.3 Å². The van der Waals surface area contributed by atoms with Crippen LogP contribution in [0.15, 0.2) is 18.9 Å². The van der Waals surface area contributed by atoms with Crippen molar-refractivity contribution in [2.75, 3.05) is 12.3 Å². The minimum Gasteiger partial charge on any atom is -0.462 e. The summed E-state index contributed by atoms with van der Waals surface area (Å²) in [5.41, 5.74) is 8.00. The van der Waals surface area contributed by atoms with Gasteiger partial charge in [0.2, 0.25) is 0 Å². The van der Waals surface area contributed by atoms with Crippen LogP contribution in [0.3, 0.4) is 0 Å². The van der Waals surface area contributed by atoms with Crippen LogP contribution >= 0.6 is 0 Å². The molecular formula is C14H18N4O2. The number of aryl methyl sites for hydroxylation is 2. The monoisotopic (exact) mass is 274 g/mol. The van der Waals surface area contributed by atoms with Gasteiger partial charge in [0.15, 0.2) is 5.65 Å². The number of hydrogen-bond donors (Lipinski definition) is 1. The van der Waals surface area contributed by atoms with Crippen molar-refractivity contribution >= 4 is 22.7 Å². The van der Waals surface area contributed by atoms with Gasteiger partial charge in [0.05, 0.1) is 29.6 Å². The van der Waals surface area contributed by atoms with Gasteiger partial charge >= 0.3 is 5.97 Å². The number of rotatable bonds is 5. The molecule has 0 spiro atoms. The third-order valence-corrected chi connectivity index (χ3v) is 3.03. The quantitative estimate of drug-likeness (QED) is 0.666. The predicted molar refractivity (Wildman–Crippen MR) is 77.4 cm³/mol. The average molecular weight is 274 g/mol. The van der Waals surface area contributed by atoms with E-state index in [0.29, 0.717) is 41.1 Å². The largest absolute Gasteiger partial charge is 0.462 e. The van der Waals surface area contributed by atoms with Gasteiger partial charge in [-0.3, -0.25) is 0 Å². The van der Waals surface area contributed by atoms with Crippen LogP contribution in [0, 0.1) is 6.92 Å². The molecule has 6 heteroatoms. The van der Waals surface area contributed by atoms with E-state index in [2.05, 4.69) is 16.7 Å². The fourth-order valence-corrected chi connectivity index (χ4v) is 2.07. The van der Waals surface area contributed by atoms with Gasteiger partial charge in [0.1, 0.15) is 5.56 Å². The number of nitrogen functional groups attached to an aromatic ring is 1. The average Bonchev–Trinajstić information content (AvgIpc) is 2.80. The highest BCUT2D eigenvalue weighted by Crippen LogP contribution is 2.26. The Labute approximate surface area is 117 Å². The lowest BCUT2D eigenvalue weighted by molar-refractivity contribution is 0.0526. The van der Waals surface area contributed by atoms with E-state index in [-0.39, 0.29) is 0 Å². The van der Waals surface area contributed by atoms with E-state index in [1.54, 1.807) is 24.7 Å². The molecule has 0 aliphatic heterocycles. The van der Waals surface area contributed by atoms with Crippen molar-refractivity contribution in [3.8, 4) is 0 Å². The third-order valence-electron chi connectivity index (χ3n) is 3.03. The predicted octanol–water partition coefficient (Wildman–Crippen LogP) is 2.07. The summed E-state index contributed by atoms with van der Waals surface area (Å²) in [6, 6.07) is 0. The third kappa shape index (κ3) is 2.36. The maximum absolute atomic E-state index is 11.9. The van der Waals surface area contributed by atoms with Crippen molar-refractivity contribution in [2.24, 2.45) is 0 Å². The standard InChI is InChI=1S/C14H18N4O2/c1-4-6-7-18-13-10(8-16-18)12(15)11(9(3)17-13)14(19)20-5-2/h4,8H,1,5-7H2,2-3H3,(H2,15,17). The van der Waals surface area contributed by atoms with Gasteiger partial charge < -0.3 is 10.5 Å². The number of nitrogens with two attached hydrogens (primary N) is 1. The smallest absolute Gasteiger partial charge is 0.342 e. The Kier molecular flexibility index (Phi) is 4.02. The summed E-state index contributed by atoms with van der Waals surface area (Å²) < 4.78 is 6.77. The van der Waals surface area contributed by atoms with E-state index in [0.717, 1.165) is 6.42 Å². The summed E-state index contributed by atoms with van der Waals surface area (Å²) in [7, 11) is 0. The number of anilines is 1. The number of carbonyl (C=O) groups excluding carboxylic acids is 1. The molecule has 0 unspecified atom stereocenters. The summed E-state index contributed by atoms with van der Waals surface area (Å²) in [6.45, 7) is 8.16. The van der Waals surface area contributed by atoms with Crippen LogP contribution in [0.5, 0.6) is 0 Å². The molecule has 20 heavy (non-hydrogen) atoms. The molecule has 2 heterocycles. The van der Waals surface area contributed by atoms with Gasteiger partial charge in [-0.2, -0.15) is 5.10 Å². The fraction of sp³-hybridized carbons (Fsp3) is 0.357. The van der Waals surface area contributed by atoms with Gasteiger partial charge in [-0.15, -0.1) is 6.58 Å². The molecule has 0 aliphatic rings. The highest BCUT2D eigenvalue weighted by molar-refractivity contribution is 6.04. The molecule has 0 saturated heterocycles. The number of allylic oxidation sites excluding steroid dienone is 1. The number of aromatic nitrogens is 3. The van der Waals surface area contributed by atoms with Crippen molar-refractivity contribution in [3.05, 3.63) is 30.1 Å². The van der Waals surface area contributed by atoms with Crippen LogP contribution < -0.4 is 5.73 Å². The Bertz CT molecular complexity index is 661. The number of ether oxygens (including phenoxy) is 1. The summed E-state index contributed by atoms with van der Waals surface area (Å²) >= 11 is 0. The number of hydrogen-bond acceptors (Lipinski definition) is 5. The number of pyridine rings is 1. The molecule has 0 aromatic carbocycles. The van der Waals surface area contributed by atoms with Gasteiger partial charge in [0.25, 0.3) is 0 Å². The van der Waals surface area contributed by atoms with Crippen LogP contribution in [0.1, 0.15) is 29.4 Å². The van der Waals surface area contributed by atoms with Gasteiger partial charge in [-0.25, -0.2) is 14.5 Å². The molecule has 0 radical (unpaired) electrons. The van der Waals surface area contributed by atoms with Crippen molar-refractivity contribution in [1.82, 2.24) is 14.8 Å². The first-order chi connectivity index (χ1) is 9.60. The topological polar surface area (TPSA) is 83.0 Å². The summed E-state index contributed by atoms with van der Waals surface area (Å²) in [4.78, 5) is 16.4.